The van der Waals surface area contributed by atoms with Crippen molar-refractivity contribution in [3.05, 3.63) is 75.8 Å². The Balaban J connectivity index is 1.69. The second-order valence-corrected chi connectivity index (χ2v) is 7.88. The van der Waals surface area contributed by atoms with Gasteiger partial charge in [0.1, 0.15) is 5.75 Å². The number of hydrogen-bond acceptors (Lipinski definition) is 6. The Kier molecular flexibility index (Phi) is 6.17. The van der Waals surface area contributed by atoms with E-state index in [0.717, 1.165) is 10.5 Å². The Morgan fingerprint density at radius 3 is 1.97 bits per heavy atom. The molecule has 3 aromatic carbocycles. The summed E-state index contributed by atoms with van der Waals surface area (Å²) in [5, 5.41) is 2.86. The minimum Gasteiger partial charge on any atom is -0.496 e. The number of ether oxygens (including phenoxy) is 3. The molecule has 0 spiro atoms. The van der Waals surface area contributed by atoms with Crippen LogP contribution in [0, 0.1) is 6.92 Å². The summed E-state index contributed by atoms with van der Waals surface area (Å²) in [7, 11) is 4.41. The highest BCUT2D eigenvalue weighted by Gasteiger charge is 2.38. The number of benzene rings is 3. The number of rotatable bonds is 6. The number of halogens is 1. The third-order valence-electron chi connectivity index (χ3n) is 5.53. The number of imide groups is 1. The molecule has 0 saturated carbocycles. The minimum atomic E-state index is -0.497. The summed E-state index contributed by atoms with van der Waals surface area (Å²) in [6, 6.07) is 12.7. The lowest BCUT2D eigenvalue weighted by molar-refractivity contribution is 0.0925. The lowest BCUT2D eigenvalue weighted by Crippen LogP contribution is -2.30. The van der Waals surface area contributed by atoms with Crippen LogP contribution in [0.25, 0.3) is 0 Å². The smallest absolute Gasteiger partial charge is 0.266 e. The van der Waals surface area contributed by atoms with Gasteiger partial charge in [-0.15, -0.1) is 0 Å². The minimum absolute atomic E-state index is 0.0458. The number of methoxy groups -OCH3 is 3. The van der Waals surface area contributed by atoms with Crippen molar-refractivity contribution in [3.63, 3.8) is 0 Å². The van der Waals surface area contributed by atoms with Crippen molar-refractivity contribution in [3.8, 4) is 17.2 Å². The first kappa shape index (κ1) is 23.1. The van der Waals surface area contributed by atoms with Crippen molar-refractivity contribution >= 4 is 40.7 Å². The van der Waals surface area contributed by atoms with Gasteiger partial charge in [-0.25, -0.2) is 4.90 Å². The monoisotopic (exact) mass is 480 g/mol. The lowest BCUT2D eigenvalue weighted by Gasteiger charge is -2.19. The van der Waals surface area contributed by atoms with E-state index in [4.69, 9.17) is 25.8 Å². The molecule has 1 heterocycles. The number of carbonyl (C=O) groups is 3. The van der Waals surface area contributed by atoms with Gasteiger partial charge in [-0.3, -0.25) is 14.4 Å². The van der Waals surface area contributed by atoms with Crippen LogP contribution in [0.3, 0.4) is 0 Å². The van der Waals surface area contributed by atoms with Gasteiger partial charge in [0.25, 0.3) is 17.7 Å². The van der Waals surface area contributed by atoms with E-state index < -0.39 is 17.7 Å². The third kappa shape index (κ3) is 3.82. The number of nitrogens with one attached hydrogen (secondary N) is 1. The van der Waals surface area contributed by atoms with Gasteiger partial charge in [0.15, 0.2) is 11.5 Å². The van der Waals surface area contributed by atoms with E-state index in [2.05, 4.69) is 5.32 Å². The highest BCUT2D eigenvalue weighted by atomic mass is 35.5. The number of aryl methyl sites for hydroxylation is 1. The molecule has 4 rings (SSSR count). The molecule has 0 unspecified atom stereocenters. The zero-order chi connectivity index (χ0) is 24.6. The molecule has 0 aliphatic carbocycles. The molecule has 1 aliphatic heterocycles. The van der Waals surface area contributed by atoms with Gasteiger partial charge in [-0.05, 0) is 36.8 Å². The van der Waals surface area contributed by atoms with Crippen LogP contribution in [-0.4, -0.2) is 39.1 Å². The van der Waals surface area contributed by atoms with Crippen molar-refractivity contribution in [1.82, 2.24) is 0 Å². The number of nitrogens with zero attached hydrogens (tertiary/aromatic N) is 1. The molecule has 0 aromatic heterocycles. The van der Waals surface area contributed by atoms with E-state index in [0.29, 0.717) is 17.2 Å². The van der Waals surface area contributed by atoms with Crippen molar-refractivity contribution in [1.29, 1.82) is 0 Å². The van der Waals surface area contributed by atoms with Gasteiger partial charge in [0.2, 0.25) is 0 Å². The summed E-state index contributed by atoms with van der Waals surface area (Å²) < 4.78 is 16.0. The summed E-state index contributed by atoms with van der Waals surface area (Å²) in [5.74, 6) is -0.363. The van der Waals surface area contributed by atoms with Crippen molar-refractivity contribution in [2.75, 3.05) is 31.5 Å². The van der Waals surface area contributed by atoms with Crippen molar-refractivity contribution in [2.45, 2.75) is 6.92 Å². The fourth-order valence-electron chi connectivity index (χ4n) is 3.77. The molecule has 0 radical (unpaired) electrons. The number of amides is 3. The third-order valence-corrected chi connectivity index (χ3v) is 5.83. The fraction of sp³-hybridized carbons (Fsp3) is 0.160. The van der Waals surface area contributed by atoms with E-state index in [1.165, 1.54) is 33.5 Å². The Labute approximate surface area is 201 Å². The van der Waals surface area contributed by atoms with Crippen molar-refractivity contribution in [2.24, 2.45) is 0 Å². The quantitative estimate of drug-likeness (QED) is 0.513. The summed E-state index contributed by atoms with van der Waals surface area (Å²) in [6.45, 7) is 1.81. The summed E-state index contributed by atoms with van der Waals surface area (Å²) in [4.78, 5) is 39.9. The van der Waals surface area contributed by atoms with Gasteiger partial charge in [-0.1, -0.05) is 23.7 Å². The fourth-order valence-corrected chi connectivity index (χ4v) is 4.02. The highest BCUT2D eigenvalue weighted by Crippen LogP contribution is 2.39. The van der Waals surface area contributed by atoms with E-state index in [9.17, 15) is 14.4 Å². The average molecular weight is 481 g/mol. The number of hydrogen-bond donors (Lipinski definition) is 1. The topological polar surface area (TPSA) is 94.2 Å². The maximum Gasteiger partial charge on any atom is 0.266 e. The number of anilines is 2. The number of carbonyl (C=O) groups excluding carboxylic acids is 3. The molecular formula is C25H21ClN2O6. The van der Waals surface area contributed by atoms with E-state index in [1.807, 2.05) is 6.92 Å². The predicted octanol–water partition coefficient (Wildman–Crippen LogP) is 4.73. The largest absolute Gasteiger partial charge is 0.496 e. The van der Waals surface area contributed by atoms with Crippen LogP contribution in [0.1, 0.15) is 36.6 Å². The first-order valence-corrected chi connectivity index (χ1v) is 10.6. The molecule has 8 nitrogen and oxygen atoms in total. The summed E-state index contributed by atoms with van der Waals surface area (Å²) >= 11 is 6.46. The molecule has 3 amide bonds. The van der Waals surface area contributed by atoms with Gasteiger partial charge in [0, 0.05) is 17.8 Å². The molecule has 174 valence electrons. The lowest BCUT2D eigenvalue weighted by atomic mass is 10.1. The predicted molar refractivity (Wildman–Crippen MR) is 128 cm³/mol. The van der Waals surface area contributed by atoms with E-state index >= 15 is 0 Å². The van der Waals surface area contributed by atoms with Crippen LogP contribution in [0.15, 0.2) is 48.5 Å². The molecule has 1 N–H and O–H groups in total. The van der Waals surface area contributed by atoms with Crippen LogP contribution >= 0.6 is 11.6 Å². The molecular weight excluding hydrogens is 460 g/mol. The molecule has 3 aromatic rings. The molecule has 0 atom stereocenters. The van der Waals surface area contributed by atoms with Crippen LogP contribution in [0.2, 0.25) is 5.02 Å². The maximum absolute atomic E-state index is 13.1. The van der Waals surface area contributed by atoms with Crippen LogP contribution < -0.4 is 24.4 Å². The SMILES string of the molecule is COc1cc(C)c(NC(=O)c2cc(Cl)c(N3C(=O)c4ccccc4C3=O)cc2OC)cc1OC. The summed E-state index contributed by atoms with van der Waals surface area (Å²) in [6.07, 6.45) is 0. The van der Waals surface area contributed by atoms with Crippen LogP contribution in [0.4, 0.5) is 11.4 Å². The van der Waals surface area contributed by atoms with Crippen molar-refractivity contribution < 1.29 is 28.6 Å². The second-order valence-electron chi connectivity index (χ2n) is 7.47. The average Bonchev–Trinajstić information content (AvgIpc) is 3.09. The first-order valence-electron chi connectivity index (χ1n) is 10.2. The first-order chi connectivity index (χ1) is 16.3. The van der Waals surface area contributed by atoms with E-state index in [1.54, 1.807) is 36.4 Å². The molecule has 0 bridgehead atoms. The second kappa shape index (κ2) is 9.07. The van der Waals surface area contributed by atoms with Gasteiger partial charge < -0.3 is 19.5 Å². The molecule has 0 saturated heterocycles. The Bertz CT molecular complexity index is 1300. The van der Waals surface area contributed by atoms with Gasteiger partial charge >= 0.3 is 0 Å². The molecule has 1 aliphatic rings. The highest BCUT2D eigenvalue weighted by molar-refractivity contribution is 6.40. The Morgan fingerprint density at radius 2 is 1.41 bits per heavy atom. The molecule has 9 heteroatoms. The summed E-state index contributed by atoms with van der Waals surface area (Å²) in [5.41, 5.74) is 2.08. The zero-order valence-corrected chi connectivity index (χ0v) is 19.6. The molecule has 0 fully saturated rings. The van der Waals surface area contributed by atoms with Crippen LogP contribution in [0.5, 0.6) is 17.2 Å². The van der Waals surface area contributed by atoms with Gasteiger partial charge in [-0.2, -0.15) is 0 Å². The Morgan fingerprint density at radius 1 is 0.853 bits per heavy atom. The number of fused-ring (bicyclic) bond motifs is 1. The maximum atomic E-state index is 13.1. The standard InChI is InChI=1S/C25H21ClN2O6/c1-13-9-21(33-3)22(34-4)11-18(13)27-23(29)16-10-17(26)19(12-20(16)32-2)28-24(30)14-7-5-6-8-15(14)25(28)31/h5-12H,1-4H3,(H,27,29). The zero-order valence-electron chi connectivity index (χ0n) is 18.9. The van der Waals surface area contributed by atoms with E-state index in [-0.39, 0.29) is 33.1 Å². The Hall–Kier alpha value is -4.04. The van der Waals surface area contributed by atoms with Gasteiger partial charge in [0.05, 0.1) is 48.7 Å². The molecule has 34 heavy (non-hydrogen) atoms. The van der Waals surface area contributed by atoms with Crippen LogP contribution in [-0.2, 0) is 0 Å². The normalized spacial score (nSPS) is 12.4.